The second-order valence-corrected chi connectivity index (χ2v) is 7.73. The number of nitro groups is 1. The molecule has 2 aromatic carbocycles. The van der Waals surface area contributed by atoms with E-state index in [-0.39, 0.29) is 10.3 Å². The number of benzene rings is 2. The first kappa shape index (κ1) is 17.9. The first-order valence-electron chi connectivity index (χ1n) is 7.00. The Morgan fingerprint density at radius 2 is 1.67 bits per heavy atom. The third kappa shape index (κ3) is 3.88. The lowest BCUT2D eigenvalue weighted by atomic mass is 9.87. The molecule has 0 aliphatic heterocycles. The maximum atomic E-state index is 13.3. The Bertz CT molecular complexity index is 870. The van der Waals surface area contributed by atoms with Crippen molar-refractivity contribution in [2.75, 3.05) is 0 Å². The van der Waals surface area contributed by atoms with Crippen molar-refractivity contribution < 1.29 is 21.9 Å². The molecule has 0 aliphatic carbocycles. The van der Waals surface area contributed by atoms with Gasteiger partial charge >= 0.3 is 15.8 Å². The smallest absolute Gasteiger partial charge is 0.339 e. The molecule has 8 heteroatoms. The van der Waals surface area contributed by atoms with E-state index in [2.05, 4.69) is 0 Å². The molecule has 0 N–H and O–H groups in total. The van der Waals surface area contributed by atoms with Gasteiger partial charge in [0.25, 0.3) is 0 Å². The maximum absolute atomic E-state index is 13.3. The van der Waals surface area contributed by atoms with Crippen LogP contribution in [-0.4, -0.2) is 13.3 Å². The third-order valence-electron chi connectivity index (χ3n) is 3.33. The van der Waals surface area contributed by atoms with Gasteiger partial charge in [-0.15, -0.1) is 0 Å². The van der Waals surface area contributed by atoms with Crippen molar-refractivity contribution in [2.45, 2.75) is 31.1 Å². The quantitative estimate of drug-likeness (QED) is 0.474. The third-order valence-corrected chi connectivity index (χ3v) is 4.58. The van der Waals surface area contributed by atoms with Crippen molar-refractivity contribution in [3.63, 3.8) is 0 Å². The zero-order valence-electron chi connectivity index (χ0n) is 13.3. The number of nitro benzene ring substituents is 1. The second kappa shape index (κ2) is 6.20. The molecular weight excluding hydrogens is 337 g/mol. The average molecular weight is 353 g/mol. The molecule has 0 heterocycles. The number of nitrogens with zero attached hydrogens (tertiary/aromatic N) is 1. The predicted octanol–water partition coefficient (Wildman–Crippen LogP) is 3.80. The predicted molar refractivity (Wildman–Crippen MR) is 86.0 cm³/mol. The molecule has 0 aliphatic rings. The second-order valence-electron chi connectivity index (χ2n) is 6.18. The van der Waals surface area contributed by atoms with Crippen LogP contribution in [-0.2, 0) is 15.5 Å². The lowest BCUT2D eigenvalue weighted by Crippen LogP contribution is -2.13. The first-order valence-corrected chi connectivity index (χ1v) is 8.40. The van der Waals surface area contributed by atoms with E-state index in [0.29, 0.717) is 6.07 Å². The summed E-state index contributed by atoms with van der Waals surface area (Å²) in [6.45, 7) is 5.93. The largest absolute Gasteiger partial charge is 0.371 e. The number of hydrogen-bond donors (Lipinski definition) is 0. The molecule has 6 nitrogen and oxygen atoms in total. The summed E-state index contributed by atoms with van der Waals surface area (Å²) in [5.41, 5.74) is 0.120. The minimum Gasteiger partial charge on any atom is -0.371 e. The molecule has 0 unspecified atom stereocenters. The molecule has 128 valence electrons. The average Bonchev–Trinajstić information content (AvgIpc) is 2.45. The summed E-state index contributed by atoms with van der Waals surface area (Å²) in [6.07, 6.45) is 0. The van der Waals surface area contributed by atoms with E-state index >= 15 is 0 Å². The van der Waals surface area contributed by atoms with E-state index in [9.17, 15) is 22.9 Å². The summed E-state index contributed by atoms with van der Waals surface area (Å²) in [5.74, 6) is -1.51. The molecule has 0 saturated heterocycles. The van der Waals surface area contributed by atoms with Gasteiger partial charge in [0.1, 0.15) is 10.7 Å². The Balaban J connectivity index is 2.39. The summed E-state index contributed by atoms with van der Waals surface area (Å²) < 4.78 is 42.6. The van der Waals surface area contributed by atoms with E-state index in [0.717, 1.165) is 17.7 Å². The number of hydrogen-bond acceptors (Lipinski definition) is 5. The molecule has 0 radical (unpaired) electrons. The van der Waals surface area contributed by atoms with Crippen LogP contribution in [0.25, 0.3) is 0 Å². The van der Waals surface area contributed by atoms with Gasteiger partial charge in [-0.05, 0) is 29.2 Å². The van der Waals surface area contributed by atoms with Crippen molar-refractivity contribution in [3.05, 3.63) is 64.0 Å². The van der Waals surface area contributed by atoms with Gasteiger partial charge in [-0.25, -0.2) is 4.39 Å². The SMILES string of the molecule is CC(C)(C)c1ccc(S(=O)(=O)Oc2cc(F)ccc2[N+](=O)[O-])cc1. The van der Waals surface area contributed by atoms with Crippen LogP contribution in [0.4, 0.5) is 10.1 Å². The fourth-order valence-corrected chi connectivity index (χ4v) is 2.93. The highest BCUT2D eigenvalue weighted by Crippen LogP contribution is 2.31. The fourth-order valence-electron chi connectivity index (χ4n) is 1.99. The Morgan fingerprint density at radius 1 is 1.08 bits per heavy atom. The van der Waals surface area contributed by atoms with Gasteiger partial charge in [0.15, 0.2) is 0 Å². The number of halogens is 1. The number of rotatable bonds is 4. The summed E-state index contributed by atoms with van der Waals surface area (Å²) in [4.78, 5) is 9.91. The van der Waals surface area contributed by atoms with E-state index in [1.54, 1.807) is 12.1 Å². The van der Waals surface area contributed by atoms with Gasteiger partial charge < -0.3 is 4.18 Å². The van der Waals surface area contributed by atoms with Crippen LogP contribution >= 0.6 is 0 Å². The van der Waals surface area contributed by atoms with Crippen LogP contribution < -0.4 is 4.18 Å². The molecule has 0 bridgehead atoms. The lowest BCUT2D eigenvalue weighted by molar-refractivity contribution is -0.385. The van der Waals surface area contributed by atoms with Gasteiger partial charge in [-0.2, -0.15) is 8.42 Å². The molecule has 0 fully saturated rings. The molecular formula is C16H16FNO5S. The molecule has 0 amide bonds. The lowest BCUT2D eigenvalue weighted by Gasteiger charge is -2.19. The van der Waals surface area contributed by atoms with E-state index in [1.165, 1.54) is 12.1 Å². The highest BCUT2D eigenvalue weighted by Gasteiger charge is 2.24. The molecule has 24 heavy (non-hydrogen) atoms. The normalized spacial score (nSPS) is 12.0. The highest BCUT2D eigenvalue weighted by molar-refractivity contribution is 7.87. The Labute approximate surface area is 139 Å². The van der Waals surface area contributed by atoms with Crippen molar-refractivity contribution >= 4 is 15.8 Å². The Kier molecular flexibility index (Phi) is 4.61. The summed E-state index contributed by atoms with van der Waals surface area (Å²) >= 11 is 0. The van der Waals surface area contributed by atoms with Crippen molar-refractivity contribution in [2.24, 2.45) is 0 Å². The minimum atomic E-state index is -4.32. The minimum absolute atomic E-state index is 0.162. The maximum Gasteiger partial charge on any atom is 0.339 e. The van der Waals surface area contributed by atoms with Gasteiger partial charge in [0, 0.05) is 12.1 Å². The van der Waals surface area contributed by atoms with Crippen molar-refractivity contribution in [1.82, 2.24) is 0 Å². The van der Waals surface area contributed by atoms with Crippen molar-refractivity contribution in [3.8, 4) is 5.75 Å². The van der Waals surface area contributed by atoms with Crippen LogP contribution in [0.1, 0.15) is 26.3 Å². The highest BCUT2D eigenvalue weighted by atomic mass is 32.2. The Morgan fingerprint density at radius 3 is 2.17 bits per heavy atom. The molecule has 0 saturated carbocycles. The van der Waals surface area contributed by atoms with Crippen LogP contribution in [0.2, 0.25) is 0 Å². The summed E-state index contributed by atoms with van der Waals surface area (Å²) in [7, 11) is -4.32. The first-order chi connectivity index (χ1) is 11.0. The molecule has 0 spiro atoms. The van der Waals surface area contributed by atoms with Crippen molar-refractivity contribution in [1.29, 1.82) is 0 Å². The van der Waals surface area contributed by atoms with Crippen LogP contribution in [0.5, 0.6) is 5.75 Å². The molecule has 0 aromatic heterocycles. The molecule has 2 rings (SSSR count). The fraction of sp³-hybridized carbons (Fsp3) is 0.250. The zero-order chi connectivity index (χ0) is 18.1. The van der Waals surface area contributed by atoms with Crippen LogP contribution in [0, 0.1) is 15.9 Å². The Hall–Kier alpha value is -2.48. The molecule has 0 atom stereocenters. The monoisotopic (exact) mass is 353 g/mol. The topological polar surface area (TPSA) is 86.5 Å². The van der Waals surface area contributed by atoms with Crippen LogP contribution in [0.3, 0.4) is 0 Å². The van der Waals surface area contributed by atoms with Gasteiger partial charge in [0.05, 0.1) is 4.92 Å². The standard InChI is InChI=1S/C16H16FNO5S/c1-16(2,3)11-4-7-13(8-5-11)24(21,22)23-15-10-12(17)6-9-14(15)18(19)20/h4-10H,1-3H3. The van der Waals surface area contributed by atoms with E-state index < -0.39 is 32.3 Å². The van der Waals surface area contributed by atoms with Crippen LogP contribution in [0.15, 0.2) is 47.4 Å². The van der Waals surface area contributed by atoms with Gasteiger partial charge in [-0.3, -0.25) is 10.1 Å². The van der Waals surface area contributed by atoms with E-state index in [1.807, 2.05) is 20.8 Å². The van der Waals surface area contributed by atoms with E-state index in [4.69, 9.17) is 4.18 Å². The zero-order valence-corrected chi connectivity index (χ0v) is 14.1. The van der Waals surface area contributed by atoms with Gasteiger partial charge in [0.2, 0.25) is 5.75 Å². The molecule has 2 aromatic rings. The van der Waals surface area contributed by atoms with Gasteiger partial charge in [-0.1, -0.05) is 32.9 Å². The summed E-state index contributed by atoms with van der Waals surface area (Å²) in [6, 6.07) is 8.34. The summed E-state index contributed by atoms with van der Waals surface area (Å²) in [5, 5.41) is 10.9.